The molecule has 0 amide bonds. The molecule has 0 fully saturated rings. The molecule has 27 valence electrons. The zero-order valence-corrected chi connectivity index (χ0v) is 3.83. The smallest absolute Gasteiger partial charge is 2.00 e. The van der Waals surface area contributed by atoms with Crippen molar-refractivity contribution in [2.24, 2.45) is 0 Å². The summed E-state index contributed by atoms with van der Waals surface area (Å²) in [5.41, 5.74) is 0. The van der Waals surface area contributed by atoms with Gasteiger partial charge in [-0.15, -0.1) is 0 Å². The summed E-state index contributed by atoms with van der Waals surface area (Å²) in [7, 11) is 0. The summed E-state index contributed by atoms with van der Waals surface area (Å²) in [6.45, 7) is 0. The van der Waals surface area contributed by atoms with Crippen LogP contribution in [0.25, 0.3) is 0 Å². The number of hydrogen-bond acceptors (Lipinski definition) is 0. The van der Waals surface area contributed by atoms with E-state index >= 15 is 0 Å². The zero-order chi connectivity index (χ0) is 0. The number of hydrogen-bond donors (Lipinski definition) is 0. The van der Waals surface area contributed by atoms with E-state index in [2.05, 4.69) is 0 Å². The number of rotatable bonds is 0. The van der Waals surface area contributed by atoms with Gasteiger partial charge in [0.2, 0.25) is 0 Å². The van der Waals surface area contributed by atoms with Crippen LogP contribution in [0, 0.1) is 0 Å². The van der Waals surface area contributed by atoms with Gasteiger partial charge < -0.3 is 11.0 Å². The van der Waals surface area contributed by atoms with Crippen LogP contribution < -0.4 is 0 Å². The van der Waals surface area contributed by atoms with Crippen molar-refractivity contribution in [1.82, 2.24) is 0 Å². The molecule has 0 heterocycles. The molecule has 0 aromatic carbocycles. The van der Waals surface area contributed by atoms with Gasteiger partial charge in [-0.1, -0.05) is 0 Å². The summed E-state index contributed by atoms with van der Waals surface area (Å²) in [5.74, 6) is 0. The largest absolute Gasteiger partial charge is 2.00 e. The van der Waals surface area contributed by atoms with Gasteiger partial charge in [0.1, 0.15) is 0 Å². The molecule has 0 saturated carbocycles. The van der Waals surface area contributed by atoms with Crippen molar-refractivity contribution >= 4 is 0 Å². The second-order valence-corrected chi connectivity index (χ2v) is 0. The molecule has 4 heavy (non-hydrogen) atoms. The minimum absolute atomic E-state index is 0. The normalized spacial score (nSPS) is 0. The van der Waals surface area contributed by atoms with E-state index in [1.165, 1.54) is 0 Å². The average Bonchev–Trinajstić information content (AvgIpc) is 0. The van der Waals surface area contributed by atoms with Crippen LogP contribution in [-0.2, 0) is 45.1 Å². The first-order valence-corrected chi connectivity index (χ1v) is 0. The Bertz CT molecular complexity index is 6.00. The van der Waals surface area contributed by atoms with Gasteiger partial charge in [0.05, 0.1) is 0 Å². The van der Waals surface area contributed by atoms with E-state index in [0.717, 1.165) is 0 Å². The molecule has 0 atom stereocenters. The van der Waals surface area contributed by atoms with E-state index in [-0.39, 0.29) is 45.1 Å². The standard InChI is InChI=1S/Fe.Mn.2O/q2*+2;2*-2. The first-order valence-electron chi connectivity index (χ1n) is 0. The van der Waals surface area contributed by atoms with E-state index in [9.17, 15) is 0 Å². The molecule has 0 saturated heterocycles. The Kier molecular flexibility index (Phi) is 796. The van der Waals surface area contributed by atoms with Gasteiger partial charge >= 0.3 is 34.1 Å². The third kappa shape index (κ3) is 12.3. The fourth-order valence-corrected chi connectivity index (χ4v) is 0. The maximum absolute atomic E-state index is 0. The zero-order valence-electron chi connectivity index (χ0n) is 1.55. The Hall–Kier alpha value is 0.959. The minimum atomic E-state index is 0. The van der Waals surface area contributed by atoms with Gasteiger partial charge in [0, 0.05) is 0 Å². The van der Waals surface area contributed by atoms with Crippen LogP contribution in [0.1, 0.15) is 0 Å². The van der Waals surface area contributed by atoms with E-state index in [4.69, 9.17) is 0 Å². The molecule has 0 spiro atoms. The third-order valence-electron chi connectivity index (χ3n) is 0. The Balaban J connectivity index is 0. The predicted molar refractivity (Wildman–Crippen MR) is 1.37 cm³/mol. The summed E-state index contributed by atoms with van der Waals surface area (Å²) in [6.07, 6.45) is 0. The molecule has 2 nitrogen and oxygen atoms in total. The van der Waals surface area contributed by atoms with Crippen LogP contribution in [0.3, 0.4) is 0 Å². The predicted octanol–water partition coefficient (Wildman–Crippen LogP) is -0.243. The SMILES string of the molecule is [Fe+2].[Mn+2].[O-2].[O-2]. The van der Waals surface area contributed by atoms with Gasteiger partial charge in [-0.25, -0.2) is 0 Å². The molecule has 0 N–H and O–H groups in total. The topological polar surface area (TPSA) is 57.0 Å². The van der Waals surface area contributed by atoms with Crippen LogP contribution >= 0.6 is 0 Å². The first kappa shape index (κ1) is 84.5. The summed E-state index contributed by atoms with van der Waals surface area (Å²) < 4.78 is 0. The van der Waals surface area contributed by atoms with Gasteiger partial charge in [-0.05, 0) is 0 Å². The van der Waals surface area contributed by atoms with Crippen LogP contribution in [0.4, 0.5) is 0 Å². The van der Waals surface area contributed by atoms with Gasteiger partial charge in [-0.2, -0.15) is 0 Å². The Labute approximate surface area is 45.5 Å². The summed E-state index contributed by atoms with van der Waals surface area (Å²) in [5, 5.41) is 0. The Morgan fingerprint density at radius 1 is 0.750 bits per heavy atom. The molecule has 4 heteroatoms. The van der Waals surface area contributed by atoms with E-state index in [1.54, 1.807) is 0 Å². The maximum Gasteiger partial charge on any atom is 2.00 e. The second-order valence-electron chi connectivity index (χ2n) is 0. The monoisotopic (exact) mass is 143 g/mol. The van der Waals surface area contributed by atoms with Crippen LogP contribution in [0.15, 0.2) is 0 Å². The average molecular weight is 143 g/mol. The van der Waals surface area contributed by atoms with Crippen LogP contribution in [0.2, 0.25) is 0 Å². The van der Waals surface area contributed by atoms with E-state index in [0.29, 0.717) is 0 Å². The molecule has 0 rings (SSSR count). The van der Waals surface area contributed by atoms with Crippen molar-refractivity contribution in [2.45, 2.75) is 0 Å². The Morgan fingerprint density at radius 2 is 0.750 bits per heavy atom. The molecule has 1 radical (unpaired) electrons. The summed E-state index contributed by atoms with van der Waals surface area (Å²) >= 11 is 0. The summed E-state index contributed by atoms with van der Waals surface area (Å²) in [4.78, 5) is 0. The van der Waals surface area contributed by atoms with Crippen LogP contribution in [0.5, 0.6) is 0 Å². The van der Waals surface area contributed by atoms with Crippen molar-refractivity contribution in [2.75, 3.05) is 0 Å². The van der Waals surface area contributed by atoms with Crippen molar-refractivity contribution in [3.63, 3.8) is 0 Å². The first-order chi connectivity index (χ1) is 0. The van der Waals surface area contributed by atoms with Crippen molar-refractivity contribution in [3.05, 3.63) is 0 Å². The maximum atomic E-state index is 0. The van der Waals surface area contributed by atoms with Gasteiger partial charge in [0.25, 0.3) is 0 Å². The van der Waals surface area contributed by atoms with Crippen molar-refractivity contribution in [1.29, 1.82) is 0 Å². The summed E-state index contributed by atoms with van der Waals surface area (Å²) in [6, 6.07) is 0. The van der Waals surface area contributed by atoms with E-state index in [1.807, 2.05) is 0 Å². The van der Waals surface area contributed by atoms with Gasteiger partial charge in [-0.3, -0.25) is 0 Å². The van der Waals surface area contributed by atoms with Crippen molar-refractivity contribution in [3.8, 4) is 0 Å². The third-order valence-corrected chi connectivity index (χ3v) is 0. The Morgan fingerprint density at radius 3 is 0.750 bits per heavy atom. The molecule has 0 aromatic heterocycles. The quantitative estimate of drug-likeness (QED) is 0.420. The van der Waals surface area contributed by atoms with Crippen molar-refractivity contribution < 1.29 is 45.1 Å². The van der Waals surface area contributed by atoms with Crippen LogP contribution in [-0.4, -0.2) is 0 Å². The molecule has 0 unspecified atom stereocenters. The molecule has 0 bridgehead atoms. The minimum Gasteiger partial charge on any atom is -2.00 e. The molecular formula is FeMnO2. The van der Waals surface area contributed by atoms with E-state index < -0.39 is 0 Å². The second kappa shape index (κ2) is 37.7. The molecule has 0 aliphatic heterocycles. The molecule has 0 aromatic rings. The fourth-order valence-electron chi connectivity index (χ4n) is 0. The molecule has 0 aliphatic carbocycles. The fraction of sp³-hybridized carbons (Fsp3) is 0. The van der Waals surface area contributed by atoms with Gasteiger partial charge in [0.15, 0.2) is 0 Å². The molecular weight excluding hydrogens is 143 g/mol. The molecule has 0 aliphatic rings.